The second kappa shape index (κ2) is 15.2. The predicted octanol–water partition coefficient (Wildman–Crippen LogP) is 4.12. The summed E-state index contributed by atoms with van der Waals surface area (Å²) in [6.07, 6.45) is 23.2. The number of nitrogens with zero attached hydrogens (tertiary/aromatic N) is 2. The summed E-state index contributed by atoms with van der Waals surface area (Å²) in [7, 11) is 0. The van der Waals surface area contributed by atoms with Crippen LogP contribution >= 0.6 is 11.6 Å². The number of rotatable bonds is 14. The quantitative estimate of drug-likeness (QED) is 0.299. The fraction of sp³-hybridized carbons (Fsp3) is 0.609. The van der Waals surface area contributed by atoms with E-state index in [1.165, 1.54) is 77.0 Å². The Morgan fingerprint density at radius 2 is 1.30 bits per heavy atom. The van der Waals surface area contributed by atoms with E-state index in [9.17, 15) is 0 Å². The van der Waals surface area contributed by atoms with Crippen molar-refractivity contribution >= 4 is 11.6 Å². The number of unbranched alkanes of at least 4 members (excludes halogenated alkanes) is 11. The zero-order chi connectivity index (χ0) is 18.5. The van der Waals surface area contributed by atoms with Crippen LogP contribution in [-0.4, -0.2) is 4.57 Å². The van der Waals surface area contributed by atoms with Gasteiger partial charge >= 0.3 is 0 Å². The summed E-state index contributed by atoms with van der Waals surface area (Å²) >= 11 is 5.95. The van der Waals surface area contributed by atoms with Gasteiger partial charge in [-0.25, -0.2) is 9.13 Å². The fourth-order valence-electron chi connectivity index (χ4n) is 3.43. The monoisotopic (exact) mass is 454 g/mol. The van der Waals surface area contributed by atoms with E-state index in [2.05, 4.69) is 46.9 Å². The number of benzene rings is 1. The molecule has 0 spiro atoms. The average Bonchev–Trinajstić information content (AvgIpc) is 3.12. The van der Waals surface area contributed by atoms with Gasteiger partial charge in [-0.3, -0.25) is 0 Å². The number of hydrogen-bond acceptors (Lipinski definition) is 0. The van der Waals surface area contributed by atoms with E-state index in [-0.39, 0.29) is 17.0 Å². The summed E-state index contributed by atoms with van der Waals surface area (Å²) < 4.78 is 4.43. The Labute approximate surface area is 181 Å². The molecule has 2 aromatic rings. The van der Waals surface area contributed by atoms with Crippen molar-refractivity contribution in [3.8, 4) is 5.69 Å². The molecule has 1 aromatic heterocycles. The van der Waals surface area contributed by atoms with Gasteiger partial charge in [0, 0.05) is 5.02 Å². The summed E-state index contributed by atoms with van der Waals surface area (Å²) in [5.41, 5.74) is 1.16. The van der Waals surface area contributed by atoms with Crippen LogP contribution in [0.4, 0.5) is 0 Å². The largest absolute Gasteiger partial charge is 1.00 e. The van der Waals surface area contributed by atoms with E-state index in [0.717, 1.165) is 17.3 Å². The van der Waals surface area contributed by atoms with Gasteiger partial charge in [0.2, 0.25) is 6.33 Å². The van der Waals surface area contributed by atoms with E-state index in [0.29, 0.717) is 0 Å². The third-order valence-corrected chi connectivity index (χ3v) is 5.34. The lowest BCUT2D eigenvalue weighted by atomic mass is 10.1. The molecule has 0 atom stereocenters. The third kappa shape index (κ3) is 10.4. The molecule has 0 aliphatic carbocycles. The Morgan fingerprint density at radius 3 is 1.85 bits per heavy atom. The van der Waals surface area contributed by atoms with Crippen LogP contribution < -0.4 is 21.5 Å². The van der Waals surface area contributed by atoms with Crippen molar-refractivity contribution in [1.29, 1.82) is 0 Å². The smallest absolute Gasteiger partial charge is 0.248 e. The maximum Gasteiger partial charge on any atom is 0.248 e. The van der Waals surface area contributed by atoms with Gasteiger partial charge in [-0.1, -0.05) is 82.7 Å². The summed E-state index contributed by atoms with van der Waals surface area (Å²) in [5.74, 6) is 0. The minimum absolute atomic E-state index is 0. The first-order valence-electron chi connectivity index (χ1n) is 10.6. The number of aromatic nitrogens is 2. The molecule has 27 heavy (non-hydrogen) atoms. The molecule has 2 nitrogen and oxygen atoms in total. The highest BCUT2D eigenvalue weighted by atomic mass is 79.9. The highest BCUT2D eigenvalue weighted by Crippen LogP contribution is 2.12. The summed E-state index contributed by atoms with van der Waals surface area (Å²) in [6, 6.07) is 7.98. The molecule has 1 heterocycles. The second-order valence-corrected chi connectivity index (χ2v) is 7.86. The number of aryl methyl sites for hydroxylation is 1. The molecule has 0 bridgehead atoms. The Kier molecular flexibility index (Phi) is 13.6. The van der Waals surface area contributed by atoms with Gasteiger partial charge in [0.25, 0.3) is 0 Å². The summed E-state index contributed by atoms with van der Waals surface area (Å²) in [4.78, 5) is 0. The topological polar surface area (TPSA) is 8.81 Å². The maximum atomic E-state index is 5.95. The van der Waals surface area contributed by atoms with Gasteiger partial charge in [-0.05, 0) is 37.1 Å². The second-order valence-electron chi connectivity index (χ2n) is 7.42. The molecule has 0 saturated heterocycles. The Hall–Kier alpha value is -0.800. The van der Waals surface area contributed by atoms with E-state index < -0.39 is 0 Å². The molecule has 0 radical (unpaired) electrons. The molecule has 1 aromatic carbocycles. The van der Waals surface area contributed by atoms with Crippen LogP contribution in [0.5, 0.6) is 0 Å². The van der Waals surface area contributed by atoms with Gasteiger partial charge in [-0.2, -0.15) is 0 Å². The zero-order valence-electron chi connectivity index (χ0n) is 16.9. The molecule has 0 aliphatic heterocycles. The van der Waals surface area contributed by atoms with Crippen LogP contribution in [0.15, 0.2) is 43.0 Å². The van der Waals surface area contributed by atoms with Crippen LogP contribution in [0.1, 0.15) is 84.0 Å². The van der Waals surface area contributed by atoms with Gasteiger partial charge in [0.15, 0.2) is 0 Å². The Bertz CT molecular complexity index is 595. The van der Waals surface area contributed by atoms with E-state index in [1.54, 1.807) is 0 Å². The zero-order valence-corrected chi connectivity index (χ0v) is 19.2. The number of hydrogen-bond donors (Lipinski definition) is 0. The van der Waals surface area contributed by atoms with Crippen molar-refractivity contribution in [1.82, 2.24) is 4.57 Å². The van der Waals surface area contributed by atoms with E-state index in [1.807, 2.05) is 12.1 Å². The average molecular weight is 456 g/mol. The van der Waals surface area contributed by atoms with Crippen molar-refractivity contribution < 1.29 is 21.5 Å². The molecule has 2 rings (SSSR count). The Morgan fingerprint density at radius 1 is 0.778 bits per heavy atom. The molecule has 0 amide bonds. The first-order chi connectivity index (χ1) is 12.8. The standard InChI is InChI=1S/C23H36ClN2.BrH/c1-2-3-4-5-6-7-8-9-10-11-12-13-18-25-19-20-26(21-25)23-16-14-22(24)15-17-23;/h14-17,19-21H,2-13,18H2,1H3;1H/q+1;/p-1. The van der Waals surface area contributed by atoms with Crippen molar-refractivity contribution in [3.05, 3.63) is 48.0 Å². The first-order valence-corrected chi connectivity index (χ1v) is 11.0. The lowest BCUT2D eigenvalue weighted by molar-refractivity contribution is -0.595. The summed E-state index contributed by atoms with van der Waals surface area (Å²) in [6.45, 7) is 3.39. The fourth-order valence-corrected chi connectivity index (χ4v) is 3.55. The van der Waals surface area contributed by atoms with E-state index in [4.69, 9.17) is 11.6 Å². The van der Waals surface area contributed by atoms with Crippen LogP contribution in [0.2, 0.25) is 5.02 Å². The molecule has 4 heteroatoms. The highest BCUT2D eigenvalue weighted by molar-refractivity contribution is 6.30. The molecule has 0 unspecified atom stereocenters. The minimum Gasteiger partial charge on any atom is -1.00 e. The molecular formula is C23H36BrClN2. The molecule has 0 aliphatic rings. The lowest BCUT2D eigenvalue weighted by Crippen LogP contribution is -3.00. The van der Waals surface area contributed by atoms with Crippen LogP contribution in [0.3, 0.4) is 0 Å². The van der Waals surface area contributed by atoms with Crippen molar-refractivity contribution in [2.24, 2.45) is 0 Å². The molecule has 152 valence electrons. The van der Waals surface area contributed by atoms with Gasteiger partial charge in [0.05, 0.1) is 6.54 Å². The summed E-state index contributed by atoms with van der Waals surface area (Å²) in [5, 5.41) is 0.783. The highest BCUT2D eigenvalue weighted by Gasteiger charge is 2.06. The first kappa shape index (κ1) is 24.2. The van der Waals surface area contributed by atoms with Gasteiger partial charge < -0.3 is 17.0 Å². The number of halogens is 2. The van der Waals surface area contributed by atoms with Crippen LogP contribution in [-0.2, 0) is 6.54 Å². The molecule has 0 saturated carbocycles. The normalized spacial score (nSPS) is 10.7. The SMILES string of the molecule is CCCCCCCCCCCCCCn1cc[n+](-c2ccc(Cl)cc2)c1.[Br-]. The lowest BCUT2D eigenvalue weighted by Gasteiger charge is -2.02. The van der Waals surface area contributed by atoms with E-state index >= 15 is 0 Å². The minimum atomic E-state index is 0. The van der Waals surface area contributed by atoms with Gasteiger partial charge in [0.1, 0.15) is 18.1 Å². The molecule has 0 fully saturated rings. The number of imidazole rings is 1. The van der Waals surface area contributed by atoms with Crippen molar-refractivity contribution in [2.45, 2.75) is 90.5 Å². The van der Waals surface area contributed by atoms with Crippen molar-refractivity contribution in [2.75, 3.05) is 0 Å². The third-order valence-electron chi connectivity index (χ3n) is 5.09. The molecular weight excluding hydrogens is 420 g/mol. The maximum absolute atomic E-state index is 5.95. The van der Waals surface area contributed by atoms with Crippen LogP contribution in [0, 0.1) is 0 Å². The molecule has 0 N–H and O–H groups in total. The predicted molar refractivity (Wildman–Crippen MR) is 112 cm³/mol. The van der Waals surface area contributed by atoms with Gasteiger partial charge in [-0.15, -0.1) is 0 Å². The Balaban J connectivity index is 0.00000364. The van der Waals surface area contributed by atoms with Crippen LogP contribution in [0.25, 0.3) is 5.69 Å². The van der Waals surface area contributed by atoms with Crippen molar-refractivity contribution in [3.63, 3.8) is 0 Å².